The lowest BCUT2D eigenvalue weighted by Gasteiger charge is -2.06. The van der Waals surface area contributed by atoms with Crippen molar-refractivity contribution in [1.82, 2.24) is 0 Å². The summed E-state index contributed by atoms with van der Waals surface area (Å²) in [5.41, 5.74) is 1.27. The second kappa shape index (κ2) is 6.02. The van der Waals surface area contributed by atoms with E-state index in [9.17, 15) is 14.3 Å². The number of halogens is 1. The fraction of sp³-hybridized carbons (Fsp3) is 0.0625. The highest BCUT2D eigenvalue weighted by atomic mass is 19.1. The van der Waals surface area contributed by atoms with E-state index in [2.05, 4.69) is 0 Å². The molecule has 0 heterocycles. The Hall–Kier alpha value is -2.62. The summed E-state index contributed by atoms with van der Waals surface area (Å²) in [6.45, 7) is 0. The molecule has 0 aliphatic heterocycles. The maximum atomic E-state index is 12.9. The summed E-state index contributed by atoms with van der Waals surface area (Å²) in [7, 11) is 1.52. The first kappa shape index (κ1) is 13.8. The van der Waals surface area contributed by atoms with Crippen molar-refractivity contribution >= 4 is 17.6 Å². The van der Waals surface area contributed by atoms with E-state index in [1.54, 1.807) is 24.3 Å². The fourth-order valence-electron chi connectivity index (χ4n) is 1.78. The van der Waals surface area contributed by atoms with Gasteiger partial charge in [0.25, 0.3) is 0 Å². The molecular weight excluding hydrogens is 259 g/mol. The van der Waals surface area contributed by atoms with Crippen molar-refractivity contribution < 1.29 is 19.0 Å². The van der Waals surface area contributed by atoms with Gasteiger partial charge >= 0.3 is 5.97 Å². The minimum Gasteiger partial charge on any atom is -0.497 e. The third-order valence-electron chi connectivity index (χ3n) is 2.79. The van der Waals surface area contributed by atoms with Gasteiger partial charge in [0.1, 0.15) is 11.6 Å². The Bertz CT molecular complexity index is 645. The highest BCUT2D eigenvalue weighted by molar-refractivity contribution is 6.20. The normalized spacial score (nSPS) is 11.2. The number of hydrogen-bond donors (Lipinski definition) is 1. The Kier molecular flexibility index (Phi) is 4.15. The summed E-state index contributed by atoms with van der Waals surface area (Å²) < 4.78 is 17.9. The molecule has 0 aromatic heterocycles. The van der Waals surface area contributed by atoms with E-state index in [0.29, 0.717) is 16.9 Å². The highest BCUT2D eigenvalue weighted by Crippen LogP contribution is 2.22. The van der Waals surface area contributed by atoms with Crippen molar-refractivity contribution in [3.8, 4) is 5.75 Å². The first-order valence-electron chi connectivity index (χ1n) is 5.95. The molecule has 20 heavy (non-hydrogen) atoms. The summed E-state index contributed by atoms with van der Waals surface area (Å²) in [6, 6.07) is 12.4. The number of ether oxygens (including phenoxy) is 1. The number of methoxy groups -OCH3 is 1. The van der Waals surface area contributed by atoms with Crippen LogP contribution in [-0.2, 0) is 4.79 Å². The third-order valence-corrected chi connectivity index (χ3v) is 2.79. The summed E-state index contributed by atoms with van der Waals surface area (Å²) in [4.78, 5) is 11.4. The third kappa shape index (κ3) is 3.23. The van der Waals surface area contributed by atoms with Crippen LogP contribution in [0.2, 0.25) is 0 Å². The van der Waals surface area contributed by atoms with Crippen LogP contribution in [0.5, 0.6) is 5.75 Å². The van der Waals surface area contributed by atoms with Gasteiger partial charge in [0.15, 0.2) is 0 Å². The van der Waals surface area contributed by atoms with E-state index in [1.807, 2.05) is 0 Å². The smallest absolute Gasteiger partial charge is 0.336 e. The average Bonchev–Trinajstić information content (AvgIpc) is 2.46. The summed E-state index contributed by atoms with van der Waals surface area (Å²) in [5, 5.41) is 9.32. The minimum absolute atomic E-state index is 0.121. The molecule has 0 unspecified atom stereocenters. The zero-order chi connectivity index (χ0) is 14.5. The van der Waals surface area contributed by atoms with Crippen LogP contribution in [0.25, 0.3) is 11.6 Å². The number of rotatable bonds is 4. The van der Waals surface area contributed by atoms with Gasteiger partial charge in [-0.25, -0.2) is 9.18 Å². The fourth-order valence-corrected chi connectivity index (χ4v) is 1.78. The largest absolute Gasteiger partial charge is 0.497 e. The number of hydrogen-bond acceptors (Lipinski definition) is 2. The van der Waals surface area contributed by atoms with Crippen LogP contribution in [0.4, 0.5) is 4.39 Å². The molecule has 0 aliphatic carbocycles. The predicted molar refractivity (Wildman–Crippen MR) is 74.9 cm³/mol. The van der Waals surface area contributed by atoms with Gasteiger partial charge in [0.05, 0.1) is 12.7 Å². The van der Waals surface area contributed by atoms with Crippen molar-refractivity contribution in [1.29, 1.82) is 0 Å². The van der Waals surface area contributed by atoms with Crippen LogP contribution in [0.3, 0.4) is 0 Å². The standard InChI is InChI=1S/C16H13FO3/c1-20-14-4-2-3-12(10-14)15(16(18)19)9-11-5-7-13(17)8-6-11/h2-10H,1H3,(H,18,19)/b15-9+. The van der Waals surface area contributed by atoms with Crippen molar-refractivity contribution in [3.05, 3.63) is 65.5 Å². The predicted octanol–water partition coefficient (Wildman–Crippen LogP) is 3.46. The van der Waals surface area contributed by atoms with Crippen LogP contribution in [0.15, 0.2) is 48.5 Å². The molecule has 0 amide bonds. The second-order valence-corrected chi connectivity index (χ2v) is 4.15. The second-order valence-electron chi connectivity index (χ2n) is 4.15. The van der Waals surface area contributed by atoms with Gasteiger partial charge in [0, 0.05) is 0 Å². The van der Waals surface area contributed by atoms with Crippen LogP contribution in [0.1, 0.15) is 11.1 Å². The SMILES string of the molecule is COc1cccc(/C(=C\c2ccc(F)cc2)C(=O)O)c1. The molecule has 2 aromatic rings. The molecule has 1 N–H and O–H groups in total. The Balaban J connectivity index is 2.45. The molecule has 0 atom stereocenters. The Labute approximate surface area is 115 Å². The highest BCUT2D eigenvalue weighted by Gasteiger charge is 2.11. The number of carboxylic acid groups (broad SMARTS) is 1. The van der Waals surface area contributed by atoms with Crippen LogP contribution in [0, 0.1) is 5.82 Å². The topological polar surface area (TPSA) is 46.5 Å². The number of carboxylic acids is 1. The first-order valence-corrected chi connectivity index (χ1v) is 5.95. The van der Waals surface area contributed by atoms with E-state index >= 15 is 0 Å². The average molecular weight is 272 g/mol. The summed E-state index contributed by atoms with van der Waals surface area (Å²) in [6.07, 6.45) is 1.50. The number of carbonyl (C=O) groups is 1. The molecule has 0 aliphatic rings. The Morgan fingerprint density at radius 3 is 2.50 bits per heavy atom. The van der Waals surface area contributed by atoms with E-state index in [0.717, 1.165) is 0 Å². The summed E-state index contributed by atoms with van der Waals surface area (Å²) in [5.74, 6) is -0.836. The first-order chi connectivity index (χ1) is 9.60. The maximum absolute atomic E-state index is 12.9. The molecular formula is C16H13FO3. The molecule has 2 rings (SSSR count). The molecule has 0 saturated heterocycles. The molecule has 0 saturated carbocycles. The maximum Gasteiger partial charge on any atom is 0.336 e. The lowest BCUT2D eigenvalue weighted by Crippen LogP contribution is -2.00. The lowest BCUT2D eigenvalue weighted by molar-refractivity contribution is -0.130. The summed E-state index contributed by atoms with van der Waals surface area (Å²) >= 11 is 0. The minimum atomic E-state index is -1.05. The molecule has 0 bridgehead atoms. The quantitative estimate of drug-likeness (QED) is 0.685. The van der Waals surface area contributed by atoms with Crippen LogP contribution >= 0.6 is 0 Å². The van der Waals surface area contributed by atoms with Gasteiger partial charge in [0.2, 0.25) is 0 Å². The van der Waals surface area contributed by atoms with E-state index < -0.39 is 5.97 Å². The monoisotopic (exact) mass is 272 g/mol. The lowest BCUT2D eigenvalue weighted by atomic mass is 10.0. The van der Waals surface area contributed by atoms with Gasteiger partial charge in [-0.1, -0.05) is 24.3 Å². The zero-order valence-electron chi connectivity index (χ0n) is 10.8. The van der Waals surface area contributed by atoms with E-state index in [1.165, 1.54) is 37.5 Å². The van der Waals surface area contributed by atoms with E-state index in [-0.39, 0.29) is 11.4 Å². The number of aliphatic carboxylic acids is 1. The van der Waals surface area contributed by atoms with Crippen LogP contribution < -0.4 is 4.74 Å². The van der Waals surface area contributed by atoms with Crippen molar-refractivity contribution in [2.75, 3.05) is 7.11 Å². The van der Waals surface area contributed by atoms with Gasteiger partial charge in [-0.3, -0.25) is 0 Å². The van der Waals surface area contributed by atoms with Crippen molar-refractivity contribution in [3.63, 3.8) is 0 Å². The van der Waals surface area contributed by atoms with Crippen LogP contribution in [-0.4, -0.2) is 18.2 Å². The molecule has 2 aromatic carbocycles. The van der Waals surface area contributed by atoms with E-state index in [4.69, 9.17) is 4.74 Å². The molecule has 4 heteroatoms. The molecule has 3 nitrogen and oxygen atoms in total. The van der Waals surface area contributed by atoms with Crippen molar-refractivity contribution in [2.24, 2.45) is 0 Å². The molecule has 0 spiro atoms. The van der Waals surface area contributed by atoms with Gasteiger partial charge in [-0.05, 0) is 41.5 Å². The molecule has 102 valence electrons. The zero-order valence-corrected chi connectivity index (χ0v) is 10.8. The Morgan fingerprint density at radius 1 is 1.20 bits per heavy atom. The Morgan fingerprint density at radius 2 is 1.90 bits per heavy atom. The van der Waals surface area contributed by atoms with Gasteiger partial charge in [-0.2, -0.15) is 0 Å². The van der Waals surface area contributed by atoms with Crippen molar-refractivity contribution in [2.45, 2.75) is 0 Å². The molecule has 0 fully saturated rings. The molecule has 0 radical (unpaired) electrons. The van der Waals surface area contributed by atoms with Gasteiger partial charge in [-0.15, -0.1) is 0 Å². The number of benzene rings is 2. The van der Waals surface area contributed by atoms with Gasteiger partial charge < -0.3 is 9.84 Å².